The maximum Gasteiger partial charge on any atom is 0.303 e. The van der Waals surface area contributed by atoms with Gasteiger partial charge in [-0.3, -0.25) is 14.4 Å². The van der Waals surface area contributed by atoms with E-state index in [-0.39, 0.29) is 11.8 Å². The fourth-order valence-electron chi connectivity index (χ4n) is 5.17. The molecule has 1 aliphatic rings. The fourth-order valence-corrected chi connectivity index (χ4v) is 5.17. The van der Waals surface area contributed by atoms with Crippen molar-refractivity contribution in [3.05, 3.63) is 83.7 Å². The Bertz CT molecular complexity index is 999. The monoisotopic (exact) mass is 460 g/mol. The summed E-state index contributed by atoms with van der Waals surface area (Å²) in [7, 11) is 0. The van der Waals surface area contributed by atoms with Gasteiger partial charge in [0.15, 0.2) is 0 Å². The van der Waals surface area contributed by atoms with Crippen LogP contribution in [0.2, 0.25) is 0 Å². The smallest absolute Gasteiger partial charge is 0.303 e. The van der Waals surface area contributed by atoms with E-state index in [4.69, 9.17) is 5.11 Å². The number of benzene rings is 2. The van der Waals surface area contributed by atoms with Crippen LogP contribution >= 0.6 is 0 Å². The van der Waals surface area contributed by atoms with E-state index < -0.39 is 5.97 Å². The lowest BCUT2D eigenvalue weighted by Crippen LogP contribution is -2.37. The van der Waals surface area contributed by atoms with Crippen molar-refractivity contribution >= 4 is 5.97 Å². The molecule has 1 heterocycles. The van der Waals surface area contributed by atoms with Crippen molar-refractivity contribution in [1.29, 1.82) is 0 Å². The predicted molar refractivity (Wildman–Crippen MR) is 133 cm³/mol. The number of aromatic nitrogens is 3. The molecule has 6 heteroatoms. The average Bonchev–Trinajstić information content (AvgIpc) is 3.27. The molecular formula is C28H36N4O2. The number of hydrogen-bond donors (Lipinski definition) is 1. The molecule has 0 radical (unpaired) electrons. The summed E-state index contributed by atoms with van der Waals surface area (Å²) in [5, 5.41) is 17.9. The third-order valence-corrected chi connectivity index (χ3v) is 6.86. The average molecular weight is 461 g/mol. The minimum Gasteiger partial charge on any atom is -0.481 e. The van der Waals surface area contributed by atoms with Gasteiger partial charge in [0.2, 0.25) is 0 Å². The maximum absolute atomic E-state index is 11.1. The van der Waals surface area contributed by atoms with E-state index in [0.717, 1.165) is 44.5 Å². The third kappa shape index (κ3) is 6.76. The van der Waals surface area contributed by atoms with E-state index in [1.807, 2.05) is 24.7 Å². The molecule has 2 aromatic carbocycles. The summed E-state index contributed by atoms with van der Waals surface area (Å²) in [6.07, 6.45) is 6.62. The van der Waals surface area contributed by atoms with Crippen LogP contribution in [0.1, 0.15) is 68.7 Å². The molecule has 0 atom stereocenters. The standard InChI is InChI=1S/C28H36N4O2/c1-28(2,17-27(33)34)21-32-20-26(29-30-32)24-13-15-25(16-14-24)31(18-22-9-5-3-6-10-22)19-23-11-7-4-8-12-23/h3-12,20,24-25H,13-19,21H2,1-2H3,(H,33,34). The summed E-state index contributed by atoms with van der Waals surface area (Å²) in [5.41, 5.74) is 3.39. The Morgan fingerprint density at radius 3 is 2.06 bits per heavy atom. The van der Waals surface area contributed by atoms with Gasteiger partial charge >= 0.3 is 5.97 Å². The first kappa shape index (κ1) is 24.1. The molecule has 3 aromatic rings. The summed E-state index contributed by atoms with van der Waals surface area (Å²) in [4.78, 5) is 13.8. The quantitative estimate of drug-likeness (QED) is 0.432. The molecule has 34 heavy (non-hydrogen) atoms. The highest BCUT2D eigenvalue weighted by atomic mass is 16.4. The predicted octanol–water partition coefficient (Wildman–Crippen LogP) is 5.51. The summed E-state index contributed by atoms with van der Waals surface area (Å²) >= 11 is 0. The van der Waals surface area contributed by atoms with E-state index in [0.29, 0.717) is 18.5 Å². The third-order valence-electron chi connectivity index (χ3n) is 6.86. The van der Waals surface area contributed by atoms with Crippen molar-refractivity contribution in [3.8, 4) is 0 Å². The Morgan fingerprint density at radius 1 is 0.971 bits per heavy atom. The number of rotatable bonds is 10. The van der Waals surface area contributed by atoms with Crippen molar-refractivity contribution in [1.82, 2.24) is 19.9 Å². The highest BCUT2D eigenvalue weighted by molar-refractivity contribution is 5.67. The van der Waals surface area contributed by atoms with Gasteiger partial charge in [0, 0.05) is 37.8 Å². The van der Waals surface area contributed by atoms with Crippen molar-refractivity contribution in [2.45, 2.75) is 77.5 Å². The lowest BCUT2D eigenvalue weighted by atomic mass is 9.83. The molecule has 1 aliphatic carbocycles. The van der Waals surface area contributed by atoms with Gasteiger partial charge in [0.05, 0.1) is 12.1 Å². The number of carboxylic acids is 1. The second-order valence-electron chi connectivity index (χ2n) is 10.5. The van der Waals surface area contributed by atoms with E-state index >= 15 is 0 Å². The van der Waals surface area contributed by atoms with Gasteiger partial charge in [0.1, 0.15) is 0 Å². The van der Waals surface area contributed by atoms with Crippen LogP contribution in [-0.4, -0.2) is 37.0 Å². The molecule has 0 amide bonds. The molecular weight excluding hydrogens is 424 g/mol. The van der Waals surface area contributed by atoms with E-state index in [2.05, 4.69) is 75.9 Å². The molecule has 1 fully saturated rings. The van der Waals surface area contributed by atoms with Crippen molar-refractivity contribution in [2.24, 2.45) is 5.41 Å². The Hall–Kier alpha value is -2.99. The lowest BCUT2D eigenvalue weighted by molar-refractivity contribution is -0.139. The molecule has 0 bridgehead atoms. The minimum absolute atomic E-state index is 0.117. The normalized spacial score (nSPS) is 18.8. The highest BCUT2D eigenvalue weighted by Gasteiger charge is 2.29. The van der Waals surface area contributed by atoms with E-state index in [1.54, 1.807) is 0 Å². The molecule has 6 nitrogen and oxygen atoms in total. The van der Waals surface area contributed by atoms with Crippen LogP contribution in [0.5, 0.6) is 0 Å². The van der Waals surface area contributed by atoms with Gasteiger partial charge in [-0.25, -0.2) is 0 Å². The lowest BCUT2D eigenvalue weighted by Gasteiger charge is -2.36. The van der Waals surface area contributed by atoms with Gasteiger partial charge in [-0.05, 0) is 42.2 Å². The van der Waals surface area contributed by atoms with E-state index in [1.165, 1.54) is 11.1 Å². The number of aliphatic carboxylic acids is 1. The van der Waals surface area contributed by atoms with Crippen LogP contribution in [0.15, 0.2) is 66.9 Å². The van der Waals surface area contributed by atoms with Crippen LogP contribution in [0.3, 0.4) is 0 Å². The molecule has 1 saturated carbocycles. The van der Waals surface area contributed by atoms with Crippen LogP contribution < -0.4 is 0 Å². The molecule has 0 spiro atoms. The first-order valence-corrected chi connectivity index (χ1v) is 12.3. The van der Waals surface area contributed by atoms with Crippen LogP contribution in [0, 0.1) is 5.41 Å². The first-order valence-electron chi connectivity index (χ1n) is 12.3. The second kappa shape index (κ2) is 11.0. The molecule has 0 unspecified atom stereocenters. The van der Waals surface area contributed by atoms with Gasteiger partial charge in [0.25, 0.3) is 0 Å². The molecule has 0 saturated heterocycles. The zero-order valence-corrected chi connectivity index (χ0v) is 20.3. The number of hydrogen-bond acceptors (Lipinski definition) is 4. The summed E-state index contributed by atoms with van der Waals surface area (Å²) < 4.78 is 1.82. The Kier molecular flexibility index (Phi) is 7.78. The van der Waals surface area contributed by atoms with Crippen molar-refractivity contribution < 1.29 is 9.90 Å². The second-order valence-corrected chi connectivity index (χ2v) is 10.5. The SMILES string of the molecule is CC(C)(CC(=O)O)Cn1cc(C2CCC(N(Cc3ccccc3)Cc3ccccc3)CC2)nn1. The Morgan fingerprint density at radius 2 is 1.53 bits per heavy atom. The highest BCUT2D eigenvalue weighted by Crippen LogP contribution is 2.35. The molecule has 1 aromatic heterocycles. The zero-order chi connectivity index (χ0) is 24.0. The van der Waals surface area contributed by atoms with Gasteiger partial charge < -0.3 is 5.11 Å². The van der Waals surface area contributed by atoms with Gasteiger partial charge in [-0.15, -0.1) is 5.10 Å². The van der Waals surface area contributed by atoms with Gasteiger partial charge in [-0.1, -0.05) is 79.7 Å². The zero-order valence-electron chi connectivity index (χ0n) is 20.3. The molecule has 1 N–H and O–H groups in total. The summed E-state index contributed by atoms with van der Waals surface area (Å²) in [6, 6.07) is 22.0. The molecule has 4 rings (SSSR count). The maximum atomic E-state index is 11.1. The minimum atomic E-state index is -0.778. The van der Waals surface area contributed by atoms with Crippen molar-refractivity contribution in [3.63, 3.8) is 0 Å². The molecule has 0 aliphatic heterocycles. The number of carboxylic acid groups (broad SMARTS) is 1. The number of carbonyl (C=O) groups is 1. The number of nitrogens with zero attached hydrogens (tertiary/aromatic N) is 4. The van der Waals surface area contributed by atoms with Crippen molar-refractivity contribution in [2.75, 3.05) is 0 Å². The van der Waals surface area contributed by atoms with Crippen LogP contribution in [-0.2, 0) is 24.4 Å². The molecule has 180 valence electrons. The van der Waals surface area contributed by atoms with Gasteiger partial charge in [-0.2, -0.15) is 0 Å². The Labute approximate surface area is 202 Å². The van der Waals surface area contributed by atoms with Crippen LogP contribution in [0.25, 0.3) is 0 Å². The van der Waals surface area contributed by atoms with E-state index in [9.17, 15) is 4.79 Å². The summed E-state index contributed by atoms with van der Waals surface area (Å²) in [6.45, 7) is 6.40. The Balaban J connectivity index is 1.38. The first-order chi connectivity index (χ1) is 16.4. The largest absolute Gasteiger partial charge is 0.481 e. The van der Waals surface area contributed by atoms with Crippen LogP contribution in [0.4, 0.5) is 0 Å². The summed E-state index contributed by atoms with van der Waals surface area (Å²) in [5.74, 6) is -0.359. The fraction of sp³-hybridized carbons (Fsp3) is 0.464. The topological polar surface area (TPSA) is 71.2 Å².